The molecule has 144 valence electrons. The fourth-order valence-electron chi connectivity index (χ4n) is 3.24. The Hall–Kier alpha value is -2.41. The summed E-state index contributed by atoms with van der Waals surface area (Å²) in [5.74, 6) is 1.94. The lowest BCUT2D eigenvalue weighted by atomic mass is 9.96. The van der Waals surface area contributed by atoms with E-state index in [1.807, 2.05) is 19.9 Å². The van der Waals surface area contributed by atoms with E-state index in [4.69, 9.17) is 9.47 Å². The van der Waals surface area contributed by atoms with Crippen LogP contribution in [0.3, 0.4) is 0 Å². The summed E-state index contributed by atoms with van der Waals surface area (Å²) in [7, 11) is 1.86. The molecule has 2 aromatic rings. The maximum Gasteiger partial charge on any atom is 0.235 e. The highest BCUT2D eigenvalue weighted by Crippen LogP contribution is 2.27. The average Bonchev–Trinajstić information content (AvgIpc) is 3.08. The van der Waals surface area contributed by atoms with Crippen LogP contribution in [0.15, 0.2) is 35.7 Å². The number of aromatic amines is 1. The van der Waals surface area contributed by atoms with Crippen LogP contribution in [0.2, 0.25) is 0 Å². The molecule has 27 heavy (non-hydrogen) atoms. The van der Waals surface area contributed by atoms with E-state index in [1.165, 1.54) is 0 Å². The zero-order valence-corrected chi connectivity index (χ0v) is 16.9. The number of pyridine rings is 1. The number of nitrogens with zero attached hydrogens (tertiary/aromatic N) is 2. The molecule has 6 nitrogen and oxygen atoms in total. The molecule has 0 aliphatic heterocycles. The molecular weight excluding hydrogens is 362 g/mol. The number of imidazole rings is 1. The van der Waals surface area contributed by atoms with Gasteiger partial charge in [-0.3, -0.25) is 9.19 Å². The molecule has 1 unspecified atom stereocenters. The van der Waals surface area contributed by atoms with Gasteiger partial charge < -0.3 is 14.5 Å². The molecule has 0 radical (unpaired) electrons. The van der Waals surface area contributed by atoms with Gasteiger partial charge in [0.1, 0.15) is 5.75 Å². The fourth-order valence-corrected chi connectivity index (χ4v) is 4.34. The van der Waals surface area contributed by atoms with E-state index in [1.54, 1.807) is 20.4 Å². The highest BCUT2D eigenvalue weighted by atomic mass is 32.2. The van der Waals surface area contributed by atoms with Crippen molar-refractivity contribution in [2.45, 2.75) is 37.6 Å². The molecule has 3 rings (SSSR count). The Kier molecular flexibility index (Phi) is 6.11. The zero-order chi connectivity index (χ0) is 19.4. The van der Waals surface area contributed by atoms with Crippen LogP contribution in [0.1, 0.15) is 28.9 Å². The van der Waals surface area contributed by atoms with Crippen molar-refractivity contribution in [2.75, 3.05) is 14.2 Å². The Bertz CT molecular complexity index is 902. The van der Waals surface area contributed by atoms with E-state index in [-0.39, 0.29) is 5.75 Å². The minimum Gasteiger partial charge on any atom is -0.496 e. The number of aryl methyl sites for hydroxylation is 1. The van der Waals surface area contributed by atoms with Crippen molar-refractivity contribution in [3.8, 4) is 11.6 Å². The topological polar surface area (TPSA) is 77.1 Å². The van der Waals surface area contributed by atoms with Gasteiger partial charge in [-0.05, 0) is 32.6 Å². The average molecular weight is 388 g/mol. The Morgan fingerprint density at radius 3 is 2.74 bits per heavy atom. The summed E-state index contributed by atoms with van der Waals surface area (Å²) in [5, 5.41) is 0.415. The molecule has 1 N–H and O–H groups in total. The van der Waals surface area contributed by atoms with Crippen molar-refractivity contribution in [1.82, 2.24) is 15.0 Å². The van der Waals surface area contributed by atoms with Gasteiger partial charge in [0.2, 0.25) is 5.88 Å². The Labute approximate surface area is 162 Å². The molecule has 0 saturated heterocycles. The summed E-state index contributed by atoms with van der Waals surface area (Å²) >= 11 is 0. The molecule has 0 aromatic carbocycles. The molecule has 2 aromatic heterocycles. The first-order valence-corrected chi connectivity index (χ1v) is 10.2. The molecule has 0 amide bonds. The molecule has 0 fully saturated rings. The summed E-state index contributed by atoms with van der Waals surface area (Å²) in [6.45, 7) is 3.88. The molecule has 2 atom stereocenters. The predicted molar refractivity (Wildman–Crippen MR) is 106 cm³/mol. The van der Waals surface area contributed by atoms with E-state index in [0.717, 1.165) is 41.1 Å². The normalized spacial score (nSPS) is 17.1. The van der Waals surface area contributed by atoms with E-state index >= 15 is 0 Å². The summed E-state index contributed by atoms with van der Waals surface area (Å²) in [5.41, 5.74) is 3.48. The second-order valence-corrected chi connectivity index (χ2v) is 7.95. The quantitative estimate of drug-likeness (QED) is 0.788. The molecule has 1 aliphatic rings. The predicted octanol–water partition coefficient (Wildman–Crippen LogP) is 3.42. The number of hydrogen-bond donors (Lipinski definition) is 1. The molecule has 7 heteroatoms. The van der Waals surface area contributed by atoms with Crippen molar-refractivity contribution >= 4 is 10.8 Å². The van der Waals surface area contributed by atoms with Crippen LogP contribution in [0.25, 0.3) is 0 Å². The summed E-state index contributed by atoms with van der Waals surface area (Å²) in [6, 6.07) is 0. The highest BCUT2D eigenvalue weighted by molar-refractivity contribution is 7.84. The minimum atomic E-state index is -1.36. The van der Waals surface area contributed by atoms with Gasteiger partial charge in [0.25, 0.3) is 0 Å². The van der Waals surface area contributed by atoms with Gasteiger partial charge in [-0.2, -0.15) is 4.98 Å². The number of methoxy groups -OCH3 is 2. The van der Waals surface area contributed by atoms with Crippen LogP contribution in [-0.2, 0) is 23.0 Å². The molecule has 0 spiro atoms. The maximum absolute atomic E-state index is 12.9. The number of allylic oxidation sites excluding steroid dienone is 4. The Morgan fingerprint density at radius 2 is 2.07 bits per heavy atom. The van der Waals surface area contributed by atoms with Gasteiger partial charge in [-0.15, -0.1) is 0 Å². The van der Waals surface area contributed by atoms with Crippen molar-refractivity contribution in [1.29, 1.82) is 0 Å². The third-order valence-corrected chi connectivity index (χ3v) is 5.84. The van der Waals surface area contributed by atoms with Crippen molar-refractivity contribution < 1.29 is 13.7 Å². The molecule has 1 aliphatic carbocycles. The van der Waals surface area contributed by atoms with E-state index in [0.29, 0.717) is 17.0 Å². The monoisotopic (exact) mass is 387 g/mol. The van der Waals surface area contributed by atoms with Crippen LogP contribution in [-0.4, -0.2) is 33.4 Å². The molecule has 2 heterocycles. The fraction of sp³-hybridized carbons (Fsp3) is 0.400. The first kappa shape index (κ1) is 19.4. The lowest BCUT2D eigenvalue weighted by Crippen LogP contribution is -2.06. The number of ether oxygens (including phenoxy) is 2. The lowest BCUT2D eigenvalue weighted by molar-refractivity contribution is 0.391. The summed E-state index contributed by atoms with van der Waals surface area (Å²) in [6.07, 6.45) is 11.9. The van der Waals surface area contributed by atoms with E-state index in [9.17, 15) is 4.21 Å². The van der Waals surface area contributed by atoms with Gasteiger partial charge in [0.05, 0.1) is 42.2 Å². The summed E-state index contributed by atoms with van der Waals surface area (Å²) in [4.78, 5) is 12.0. The Morgan fingerprint density at radius 1 is 1.26 bits per heavy atom. The third-order valence-electron chi connectivity index (χ3n) is 4.68. The maximum atomic E-state index is 12.9. The highest BCUT2D eigenvalue weighted by Gasteiger charge is 2.20. The molecular formula is C20H25N3O3S. The SMILES string of the molecule is COc1nc(S(=O)Cc2ncc(C)c(OC)c2C)[nH]c1C[C@H]1C=CC=CC1. The smallest absolute Gasteiger partial charge is 0.235 e. The van der Waals surface area contributed by atoms with Crippen molar-refractivity contribution in [3.63, 3.8) is 0 Å². The summed E-state index contributed by atoms with van der Waals surface area (Å²) < 4.78 is 23.7. The van der Waals surface area contributed by atoms with Crippen molar-refractivity contribution in [3.05, 3.63) is 53.0 Å². The van der Waals surface area contributed by atoms with Crippen LogP contribution >= 0.6 is 0 Å². The van der Waals surface area contributed by atoms with Crippen LogP contribution in [0.4, 0.5) is 0 Å². The third kappa shape index (κ3) is 4.30. The van der Waals surface area contributed by atoms with Gasteiger partial charge >= 0.3 is 0 Å². The number of rotatable bonds is 7. The van der Waals surface area contributed by atoms with Gasteiger partial charge in [0, 0.05) is 17.3 Å². The van der Waals surface area contributed by atoms with Gasteiger partial charge in [-0.25, -0.2) is 0 Å². The second-order valence-electron chi connectivity index (χ2n) is 6.58. The number of aromatic nitrogens is 3. The van der Waals surface area contributed by atoms with E-state index < -0.39 is 10.8 Å². The molecule has 0 bridgehead atoms. The van der Waals surface area contributed by atoms with Crippen molar-refractivity contribution in [2.24, 2.45) is 5.92 Å². The minimum absolute atomic E-state index is 0.269. The van der Waals surface area contributed by atoms with Crippen LogP contribution in [0.5, 0.6) is 11.6 Å². The first-order valence-electron chi connectivity index (χ1n) is 8.87. The number of nitrogens with one attached hydrogen (secondary N) is 1. The van der Waals surface area contributed by atoms with Gasteiger partial charge in [-0.1, -0.05) is 24.3 Å². The van der Waals surface area contributed by atoms with Crippen LogP contribution < -0.4 is 9.47 Å². The van der Waals surface area contributed by atoms with Crippen LogP contribution in [0, 0.1) is 19.8 Å². The standard InChI is InChI=1S/C20H25N3O3S/c1-13-11-21-17(14(2)18(13)25-3)12-27(24)20-22-16(19(23-20)26-4)10-15-8-6-5-7-9-15/h5-8,11,15H,9-10,12H2,1-4H3,(H,22,23)/t15-,27?/m0/s1. The zero-order valence-electron chi connectivity index (χ0n) is 16.1. The Balaban J connectivity index is 1.79. The van der Waals surface area contributed by atoms with E-state index in [2.05, 4.69) is 33.2 Å². The number of H-pyrrole nitrogens is 1. The lowest BCUT2D eigenvalue weighted by Gasteiger charge is -2.12. The molecule has 0 saturated carbocycles. The first-order chi connectivity index (χ1) is 13.0. The van der Waals surface area contributed by atoms with Gasteiger partial charge in [0.15, 0.2) is 5.16 Å². The largest absolute Gasteiger partial charge is 0.496 e. The number of hydrogen-bond acceptors (Lipinski definition) is 5. The second kappa shape index (κ2) is 8.52.